The molecule has 6 aliphatic rings. The highest BCUT2D eigenvalue weighted by atomic mass is 16.8. The molecule has 4 heterocycles. The molecule has 0 radical (unpaired) electrons. The van der Waals surface area contributed by atoms with Crippen molar-refractivity contribution in [3.8, 4) is 0 Å². The Morgan fingerprint density at radius 2 is 1.13 bits per heavy atom. The second-order valence-corrected chi connectivity index (χ2v) is 18.4. The van der Waals surface area contributed by atoms with Gasteiger partial charge in [0.1, 0.15) is 18.8 Å². The average Bonchev–Trinajstić information content (AvgIpc) is 3.85. The van der Waals surface area contributed by atoms with Crippen LogP contribution in [0.1, 0.15) is 73.9 Å². The Morgan fingerprint density at radius 1 is 0.607 bits per heavy atom. The Bertz CT molecular complexity index is 3360. The van der Waals surface area contributed by atoms with Gasteiger partial charge in [0.25, 0.3) is 0 Å². The van der Waals surface area contributed by atoms with Crippen LogP contribution >= 0.6 is 0 Å². The highest BCUT2D eigenvalue weighted by Crippen LogP contribution is 2.61. The van der Waals surface area contributed by atoms with E-state index in [9.17, 15) is 19.2 Å². The van der Waals surface area contributed by atoms with E-state index in [4.69, 9.17) is 28.4 Å². The smallest absolute Gasteiger partial charge is 0.303 e. The molecule has 61 heavy (non-hydrogen) atoms. The number of nitrogens with zero attached hydrogens (tertiary/aromatic N) is 1. The fourth-order valence-electron chi connectivity index (χ4n) is 13.5. The van der Waals surface area contributed by atoms with Gasteiger partial charge in [-0.05, 0) is 113 Å². The first kappa shape index (κ1) is 34.6. The lowest BCUT2D eigenvalue weighted by Crippen LogP contribution is -2.76. The lowest BCUT2D eigenvalue weighted by atomic mass is 9.70. The van der Waals surface area contributed by atoms with E-state index in [1.54, 1.807) is 0 Å². The van der Waals surface area contributed by atoms with E-state index in [-0.39, 0.29) is 26.1 Å². The van der Waals surface area contributed by atoms with Crippen molar-refractivity contribution in [1.82, 2.24) is 4.57 Å². The average molecular weight is 814 g/mol. The van der Waals surface area contributed by atoms with E-state index < -0.39 is 53.6 Å². The van der Waals surface area contributed by atoms with Crippen LogP contribution in [0.2, 0.25) is 0 Å². The van der Waals surface area contributed by atoms with Crippen molar-refractivity contribution in [2.75, 3.05) is 13.2 Å². The molecule has 8 aromatic carbocycles. The standard InChI is InChI=1S/C50H39NO10/c1-20(52)56-19-34-49(60-23(4)55)17-33(59-22(3)54)50(61-34,18-32(49)58-21(2)53)57-10-9-51-47-26-7-8-27-14-31-16-29-12-25-6-5-24-11-28-15-30(13-26)39-37(28)41-35(24)36(25)42-38(29)40(31)46(48(27)51)44(43(41)42)45(39)47/h5-6,11-14,32-34H,7-10,15-19H2,1-4H3/t32?,33?,34-,49?,50?/m0/s1. The highest BCUT2D eigenvalue weighted by molar-refractivity contribution is 6.55. The third-order valence-electron chi connectivity index (χ3n) is 15.2. The summed E-state index contributed by atoms with van der Waals surface area (Å²) in [5.41, 5.74) is 9.14. The van der Waals surface area contributed by atoms with E-state index in [1.807, 2.05) is 0 Å². The van der Waals surface area contributed by atoms with Gasteiger partial charge < -0.3 is 33.0 Å². The third-order valence-corrected chi connectivity index (χ3v) is 15.2. The number of carbonyl (C=O) groups is 4. The number of fused-ring (bicyclic) bond motifs is 3. The van der Waals surface area contributed by atoms with Gasteiger partial charge in [0.05, 0.1) is 17.6 Å². The van der Waals surface area contributed by atoms with Crippen molar-refractivity contribution >= 4 is 110 Å². The van der Waals surface area contributed by atoms with Crippen molar-refractivity contribution in [3.05, 3.63) is 69.8 Å². The first-order valence-electron chi connectivity index (χ1n) is 21.4. The maximum Gasteiger partial charge on any atom is 0.303 e. The van der Waals surface area contributed by atoms with Gasteiger partial charge in [0.15, 0.2) is 11.7 Å². The number of hydrogen-bond donors (Lipinski definition) is 0. The summed E-state index contributed by atoms with van der Waals surface area (Å²) in [5.74, 6) is -4.01. The minimum atomic E-state index is -1.63. The summed E-state index contributed by atoms with van der Waals surface area (Å²) in [6.07, 6.45) is 0.306. The maximum absolute atomic E-state index is 12.7. The van der Waals surface area contributed by atoms with Crippen LogP contribution in [0.3, 0.4) is 0 Å². The molecular weight excluding hydrogens is 775 g/mol. The summed E-state index contributed by atoms with van der Waals surface area (Å²) in [6.45, 7) is 5.38. The third kappa shape index (κ3) is 4.04. The van der Waals surface area contributed by atoms with Crippen molar-refractivity contribution in [3.63, 3.8) is 0 Å². The van der Waals surface area contributed by atoms with Gasteiger partial charge >= 0.3 is 23.9 Å². The zero-order valence-corrected chi connectivity index (χ0v) is 34.1. The molecule has 0 spiro atoms. The Labute approximate surface area is 347 Å². The van der Waals surface area contributed by atoms with Crippen LogP contribution in [0.4, 0.5) is 0 Å². The molecule has 3 fully saturated rings. The number of hydrogen-bond acceptors (Lipinski definition) is 10. The lowest BCUT2D eigenvalue weighted by molar-refractivity contribution is -0.411. The molecule has 304 valence electrons. The van der Waals surface area contributed by atoms with Gasteiger partial charge in [-0.15, -0.1) is 0 Å². The van der Waals surface area contributed by atoms with Gasteiger partial charge in [-0.1, -0.05) is 36.4 Å². The molecule has 0 N–H and O–H groups in total. The first-order valence-corrected chi connectivity index (χ1v) is 21.4. The molecule has 15 rings (SSSR count). The van der Waals surface area contributed by atoms with Crippen LogP contribution in [0, 0.1) is 0 Å². The lowest BCUT2D eigenvalue weighted by Gasteiger charge is -2.60. The number of aryl methyl sites for hydroxylation is 2. The fraction of sp³-hybridized carbons (Fsp3) is 0.360. The van der Waals surface area contributed by atoms with Gasteiger partial charge in [-0.2, -0.15) is 0 Å². The number of esters is 4. The largest absolute Gasteiger partial charge is 0.463 e. The molecular formula is C50H39NO10. The van der Waals surface area contributed by atoms with Crippen LogP contribution in [0.25, 0.3) is 86.4 Å². The summed E-state index contributed by atoms with van der Waals surface area (Å²) < 4.78 is 39.4. The number of ether oxygens (including phenoxy) is 6. The van der Waals surface area contributed by atoms with Gasteiger partial charge in [-0.3, -0.25) is 19.2 Å². The number of pyridine rings is 1. The van der Waals surface area contributed by atoms with Crippen LogP contribution < -0.4 is 0 Å². The molecule has 1 aromatic heterocycles. The quantitative estimate of drug-likeness (QED) is 0.0612. The molecule has 0 amide bonds. The summed E-state index contributed by atoms with van der Waals surface area (Å²) >= 11 is 0. The van der Waals surface area contributed by atoms with E-state index in [0.29, 0.717) is 6.54 Å². The van der Waals surface area contributed by atoms with E-state index >= 15 is 0 Å². The zero-order valence-electron chi connectivity index (χ0n) is 34.1. The Hall–Kier alpha value is -6.04. The number of aromatic nitrogens is 1. The summed E-state index contributed by atoms with van der Waals surface area (Å²) in [6, 6.07) is 14.5. The van der Waals surface area contributed by atoms with Gasteiger partial charge in [-0.25, -0.2) is 0 Å². The van der Waals surface area contributed by atoms with Gasteiger partial charge in [0, 0.05) is 68.6 Å². The summed E-state index contributed by atoms with van der Waals surface area (Å²) in [5, 5.41) is 19.4. The Kier molecular flexibility index (Phi) is 6.28. The van der Waals surface area contributed by atoms with Crippen LogP contribution in [-0.2, 0) is 79.8 Å². The molecule has 11 nitrogen and oxygen atoms in total. The maximum atomic E-state index is 12.7. The normalized spacial score (nSPS) is 24.8. The van der Waals surface area contributed by atoms with Crippen LogP contribution in [0.5, 0.6) is 0 Å². The summed E-state index contributed by atoms with van der Waals surface area (Å²) in [7, 11) is 0. The molecule has 4 bridgehead atoms. The Balaban J connectivity index is 0.983. The van der Waals surface area contributed by atoms with Crippen molar-refractivity contribution in [1.29, 1.82) is 0 Å². The van der Waals surface area contributed by atoms with Crippen molar-refractivity contribution < 1.29 is 47.6 Å². The number of carbonyl (C=O) groups excluding carboxylic acids is 4. The number of benzene rings is 7. The second kappa shape index (κ2) is 11.1. The SMILES string of the molecule is CC(=O)OC[C@@H]1OC2(OCCn3c4c5cc6c7c8c(cc9ccc%10cc%11c%12c%13c(cc(c3c%13c(c3c8c9c%10c%123)c74)CC5)C%11)C6)CC(OC(C)=O)C1(OC(C)=O)CC2OC(C)=O. The first-order chi connectivity index (χ1) is 29.4. The molecule has 3 aliphatic heterocycles. The minimum absolute atomic E-state index is 0.0854. The molecule has 3 aliphatic carbocycles. The van der Waals surface area contributed by atoms with E-state index in [2.05, 4.69) is 41.0 Å². The van der Waals surface area contributed by atoms with E-state index in [1.165, 1.54) is 148 Å². The zero-order chi connectivity index (χ0) is 41.2. The predicted molar refractivity (Wildman–Crippen MR) is 227 cm³/mol. The van der Waals surface area contributed by atoms with Crippen molar-refractivity contribution in [2.45, 2.75) is 102 Å². The predicted octanol–water partition coefficient (Wildman–Crippen LogP) is 8.01. The molecule has 11 heteroatoms. The van der Waals surface area contributed by atoms with E-state index in [0.717, 1.165) is 25.7 Å². The number of rotatable bonds is 9. The molecule has 2 saturated heterocycles. The minimum Gasteiger partial charge on any atom is -0.463 e. The Morgan fingerprint density at radius 3 is 1.69 bits per heavy atom. The van der Waals surface area contributed by atoms with Gasteiger partial charge in [0.2, 0.25) is 5.79 Å². The summed E-state index contributed by atoms with van der Waals surface area (Å²) in [4.78, 5) is 50.2. The molecule has 4 unspecified atom stereocenters. The highest BCUT2D eigenvalue weighted by Gasteiger charge is 2.71. The fourth-order valence-corrected chi connectivity index (χ4v) is 13.5. The molecule has 9 aromatic rings. The molecule has 5 atom stereocenters. The van der Waals surface area contributed by atoms with Crippen molar-refractivity contribution in [2.24, 2.45) is 0 Å². The monoisotopic (exact) mass is 813 g/mol. The topological polar surface area (TPSA) is 129 Å². The van der Waals surface area contributed by atoms with Crippen LogP contribution in [0.15, 0.2) is 36.4 Å². The second-order valence-electron chi connectivity index (χ2n) is 18.4. The van der Waals surface area contributed by atoms with Crippen LogP contribution in [-0.4, -0.2) is 71.4 Å². The molecule has 1 saturated carbocycles.